The SMILES string of the molecule is CC(=O)N1CCN(C(=O)N/C=C(\C)C2CCCC2)CC1. The van der Waals surface area contributed by atoms with Crippen molar-refractivity contribution in [2.75, 3.05) is 26.2 Å². The molecule has 0 atom stereocenters. The minimum Gasteiger partial charge on any atom is -0.339 e. The summed E-state index contributed by atoms with van der Waals surface area (Å²) in [4.78, 5) is 26.9. The molecule has 20 heavy (non-hydrogen) atoms. The minimum absolute atomic E-state index is 0.0504. The molecule has 0 radical (unpaired) electrons. The van der Waals surface area contributed by atoms with Gasteiger partial charge in [-0.1, -0.05) is 18.4 Å². The molecule has 1 saturated heterocycles. The van der Waals surface area contributed by atoms with Crippen molar-refractivity contribution in [3.8, 4) is 0 Å². The van der Waals surface area contributed by atoms with Crippen molar-refractivity contribution in [3.05, 3.63) is 11.8 Å². The summed E-state index contributed by atoms with van der Waals surface area (Å²) in [6, 6.07) is -0.0504. The Hall–Kier alpha value is -1.52. The van der Waals surface area contributed by atoms with Gasteiger partial charge in [0, 0.05) is 39.3 Å². The summed E-state index contributed by atoms with van der Waals surface area (Å²) < 4.78 is 0. The van der Waals surface area contributed by atoms with E-state index in [2.05, 4.69) is 12.2 Å². The molecule has 1 heterocycles. The normalized spacial score (nSPS) is 21.2. The number of carbonyl (C=O) groups excluding carboxylic acids is 2. The van der Waals surface area contributed by atoms with E-state index < -0.39 is 0 Å². The lowest BCUT2D eigenvalue weighted by Crippen LogP contribution is -2.52. The summed E-state index contributed by atoms with van der Waals surface area (Å²) in [5, 5.41) is 2.89. The van der Waals surface area contributed by atoms with Crippen LogP contribution in [0, 0.1) is 5.92 Å². The van der Waals surface area contributed by atoms with Crippen molar-refractivity contribution in [2.45, 2.75) is 39.5 Å². The Morgan fingerprint density at radius 2 is 1.55 bits per heavy atom. The van der Waals surface area contributed by atoms with Crippen molar-refractivity contribution < 1.29 is 9.59 Å². The van der Waals surface area contributed by atoms with E-state index in [1.165, 1.54) is 31.3 Å². The minimum atomic E-state index is -0.0504. The zero-order valence-corrected chi connectivity index (χ0v) is 12.5. The van der Waals surface area contributed by atoms with E-state index in [-0.39, 0.29) is 11.9 Å². The highest BCUT2D eigenvalue weighted by molar-refractivity contribution is 5.76. The van der Waals surface area contributed by atoms with Crippen LogP contribution in [0.2, 0.25) is 0 Å². The van der Waals surface area contributed by atoms with Crippen LogP contribution in [-0.2, 0) is 4.79 Å². The van der Waals surface area contributed by atoms with Gasteiger partial charge in [-0.2, -0.15) is 0 Å². The van der Waals surface area contributed by atoms with Gasteiger partial charge in [0.25, 0.3) is 0 Å². The van der Waals surface area contributed by atoms with Crippen molar-refractivity contribution in [3.63, 3.8) is 0 Å². The Morgan fingerprint density at radius 1 is 1.00 bits per heavy atom. The van der Waals surface area contributed by atoms with E-state index in [0.717, 1.165) is 0 Å². The Morgan fingerprint density at radius 3 is 2.10 bits per heavy atom. The number of nitrogens with zero attached hydrogens (tertiary/aromatic N) is 2. The van der Waals surface area contributed by atoms with Gasteiger partial charge in [-0.15, -0.1) is 0 Å². The Kier molecular flexibility index (Phi) is 5.04. The molecule has 2 fully saturated rings. The van der Waals surface area contributed by atoms with Gasteiger partial charge in [0.1, 0.15) is 0 Å². The molecule has 1 N–H and O–H groups in total. The highest BCUT2D eigenvalue weighted by atomic mass is 16.2. The predicted octanol–water partition coefficient (Wildman–Crippen LogP) is 1.95. The molecule has 0 aromatic heterocycles. The van der Waals surface area contributed by atoms with Crippen LogP contribution >= 0.6 is 0 Å². The largest absolute Gasteiger partial charge is 0.339 e. The number of rotatable bonds is 2. The second-order valence-corrected chi connectivity index (χ2v) is 5.81. The van der Waals surface area contributed by atoms with Gasteiger partial charge in [-0.05, 0) is 25.7 Å². The van der Waals surface area contributed by atoms with Gasteiger partial charge in [-0.25, -0.2) is 4.79 Å². The maximum Gasteiger partial charge on any atom is 0.321 e. The smallest absolute Gasteiger partial charge is 0.321 e. The number of piperazine rings is 1. The third kappa shape index (κ3) is 3.74. The van der Waals surface area contributed by atoms with Gasteiger partial charge in [0.2, 0.25) is 5.91 Å². The zero-order chi connectivity index (χ0) is 14.5. The maximum atomic E-state index is 12.1. The molecule has 5 nitrogen and oxygen atoms in total. The molecule has 0 unspecified atom stereocenters. The molecule has 1 aliphatic heterocycles. The summed E-state index contributed by atoms with van der Waals surface area (Å²) in [6.45, 7) is 6.17. The standard InChI is InChI=1S/C15H25N3O2/c1-12(14-5-3-4-6-14)11-16-15(20)18-9-7-17(8-10-18)13(2)19/h11,14H,3-10H2,1-2H3,(H,16,20)/b12-11+. The van der Waals surface area contributed by atoms with Gasteiger partial charge in [0.15, 0.2) is 0 Å². The van der Waals surface area contributed by atoms with Crippen molar-refractivity contribution in [2.24, 2.45) is 5.92 Å². The third-order valence-electron chi connectivity index (χ3n) is 4.43. The second-order valence-electron chi connectivity index (χ2n) is 5.81. The van der Waals surface area contributed by atoms with Crippen LogP contribution in [-0.4, -0.2) is 47.9 Å². The lowest BCUT2D eigenvalue weighted by Gasteiger charge is -2.33. The average molecular weight is 279 g/mol. The predicted molar refractivity (Wildman–Crippen MR) is 78.1 cm³/mol. The number of nitrogens with one attached hydrogen (secondary N) is 1. The van der Waals surface area contributed by atoms with Crippen molar-refractivity contribution in [1.82, 2.24) is 15.1 Å². The Labute approximate surface area is 121 Å². The molecule has 112 valence electrons. The zero-order valence-electron chi connectivity index (χ0n) is 12.5. The lowest BCUT2D eigenvalue weighted by atomic mass is 10.0. The molecule has 3 amide bonds. The van der Waals surface area contributed by atoms with E-state index in [0.29, 0.717) is 32.1 Å². The molecule has 2 rings (SSSR count). The van der Waals surface area contributed by atoms with Crippen molar-refractivity contribution in [1.29, 1.82) is 0 Å². The molecule has 0 spiro atoms. The highest BCUT2D eigenvalue weighted by Crippen LogP contribution is 2.30. The van der Waals surface area contributed by atoms with Gasteiger partial charge in [0.05, 0.1) is 0 Å². The lowest BCUT2D eigenvalue weighted by molar-refractivity contribution is -0.130. The van der Waals surface area contributed by atoms with Gasteiger partial charge >= 0.3 is 6.03 Å². The summed E-state index contributed by atoms with van der Waals surface area (Å²) in [5.74, 6) is 0.729. The summed E-state index contributed by atoms with van der Waals surface area (Å²) in [7, 11) is 0. The van der Waals surface area contributed by atoms with E-state index in [9.17, 15) is 9.59 Å². The summed E-state index contributed by atoms with van der Waals surface area (Å²) in [5.41, 5.74) is 1.28. The average Bonchev–Trinajstić information content (AvgIpc) is 2.98. The molecular weight excluding hydrogens is 254 g/mol. The van der Waals surface area contributed by atoms with Crippen molar-refractivity contribution >= 4 is 11.9 Å². The number of allylic oxidation sites excluding steroid dienone is 1. The van der Waals surface area contributed by atoms with Gasteiger partial charge in [-0.3, -0.25) is 4.79 Å². The molecule has 0 bridgehead atoms. The maximum absolute atomic E-state index is 12.1. The molecule has 0 aromatic carbocycles. The fraction of sp³-hybridized carbons (Fsp3) is 0.733. The van der Waals surface area contributed by atoms with E-state index in [4.69, 9.17) is 0 Å². The van der Waals surface area contributed by atoms with Crippen LogP contribution in [0.4, 0.5) is 4.79 Å². The highest BCUT2D eigenvalue weighted by Gasteiger charge is 2.22. The van der Waals surface area contributed by atoms with Gasteiger partial charge < -0.3 is 15.1 Å². The third-order valence-corrected chi connectivity index (χ3v) is 4.43. The topological polar surface area (TPSA) is 52.7 Å². The Balaban J connectivity index is 1.78. The van der Waals surface area contributed by atoms with Crippen LogP contribution < -0.4 is 5.32 Å². The van der Waals surface area contributed by atoms with Crippen LogP contribution in [0.1, 0.15) is 39.5 Å². The first-order chi connectivity index (χ1) is 9.58. The first-order valence-electron chi connectivity index (χ1n) is 7.55. The number of hydrogen-bond acceptors (Lipinski definition) is 2. The number of carbonyl (C=O) groups is 2. The van der Waals surface area contributed by atoms with E-state index >= 15 is 0 Å². The fourth-order valence-electron chi connectivity index (χ4n) is 2.99. The van der Waals surface area contributed by atoms with Crippen LogP contribution in [0.25, 0.3) is 0 Å². The number of hydrogen-bond donors (Lipinski definition) is 1. The summed E-state index contributed by atoms with van der Waals surface area (Å²) >= 11 is 0. The van der Waals surface area contributed by atoms with Crippen LogP contribution in [0.15, 0.2) is 11.8 Å². The second kappa shape index (κ2) is 6.77. The molecule has 1 saturated carbocycles. The molecule has 2 aliphatic rings. The van der Waals surface area contributed by atoms with Crippen LogP contribution in [0.3, 0.4) is 0 Å². The quantitative estimate of drug-likeness (QED) is 0.840. The number of urea groups is 1. The van der Waals surface area contributed by atoms with E-state index in [1.54, 1.807) is 16.7 Å². The Bertz CT molecular complexity index is 392. The molecule has 5 heteroatoms. The molecule has 0 aromatic rings. The fourth-order valence-corrected chi connectivity index (χ4v) is 2.99. The molecular formula is C15H25N3O2. The number of amides is 3. The first-order valence-corrected chi connectivity index (χ1v) is 7.55. The monoisotopic (exact) mass is 279 g/mol. The first kappa shape index (κ1) is 14.9. The molecule has 1 aliphatic carbocycles. The van der Waals surface area contributed by atoms with E-state index in [1.807, 2.05) is 6.20 Å². The summed E-state index contributed by atoms with van der Waals surface area (Å²) in [6.07, 6.45) is 6.97. The van der Waals surface area contributed by atoms with Crippen LogP contribution in [0.5, 0.6) is 0 Å².